The van der Waals surface area contributed by atoms with Crippen LogP contribution in [0.5, 0.6) is 0 Å². The highest BCUT2D eigenvalue weighted by Crippen LogP contribution is 2.27. The monoisotopic (exact) mass is 389 g/mol. The molecule has 1 unspecified atom stereocenters. The standard InChI is InChI=1S/C18H27N3O2.2ClH/c22-18(14-19-12-15-6-7-15)20-13-17(16-4-2-1-3-5-16)21-8-10-23-11-9-21;;/h1-5,15,17,19H,6-14H2,(H,20,22);2*1H. The van der Waals surface area contributed by atoms with Crippen molar-refractivity contribution in [2.45, 2.75) is 18.9 Å². The summed E-state index contributed by atoms with van der Waals surface area (Å²) in [7, 11) is 0. The lowest BCUT2D eigenvalue weighted by atomic mass is 10.0. The van der Waals surface area contributed by atoms with Crippen LogP contribution >= 0.6 is 24.8 Å². The van der Waals surface area contributed by atoms with Crippen molar-refractivity contribution in [3.05, 3.63) is 35.9 Å². The summed E-state index contributed by atoms with van der Waals surface area (Å²) in [5.41, 5.74) is 1.25. The Kier molecular flexibility index (Phi) is 10.4. The molecular formula is C18H29Cl2N3O2. The molecule has 5 nitrogen and oxygen atoms in total. The van der Waals surface area contributed by atoms with Crippen LogP contribution < -0.4 is 10.6 Å². The van der Waals surface area contributed by atoms with Gasteiger partial charge in [0.2, 0.25) is 5.91 Å². The Hall–Kier alpha value is -0.850. The van der Waals surface area contributed by atoms with Crippen molar-refractivity contribution in [3.63, 3.8) is 0 Å². The number of hydrogen-bond donors (Lipinski definition) is 2. The second-order valence-corrected chi connectivity index (χ2v) is 6.45. The first kappa shape index (κ1) is 22.2. The van der Waals surface area contributed by atoms with Gasteiger partial charge in [0, 0.05) is 19.6 Å². The fraction of sp³-hybridized carbons (Fsp3) is 0.611. The first-order chi connectivity index (χ1) is 11.3. The lowest BCUT2D eigenvalue weighted by Crippen LogP contribution is -2.45. The number of hydrogen-bond acceptors (Lipinski definition) is 4. The molecule has 0 bridgehead atoms. The molecule has 1 aliphatic heterocycles. The summed E-state index contributed by atoms with van der Waals surface area (Å²) < 4.78 is 5.45. The van der Waals surface area contributed by atoms with Crippen LogP contribution in [0, 0.1) is 5.92 Å². The Morgan fingerprint density at radius 1 is 1.16 bits per heavy atom. The molecule has 1 aliphatic carbocycles. The second kappa shape index (κ2) is 11.7. The summed E-state index contributed by atoms with van der Waals surface area (Å²) >= 11 is 0. The second-order valence-electron chi connectivity index (χ2n) is 6.45. The van der Waals surface area contributed by atoms with Crippen LogP contribution in [0.3, 0.4) is 0 Å². The van der Waals surface area contributed by atoms with Gasteiger partial charge in [0.1, 0.15) is 0 Å². The van der Waals surface area contributed by atoms with Crippen LogP contribution in [0.15, 0.2) is 30.3 Å². The van der Waals surface area contributed by atoms with Crippen molar-refractivity contribution >= 4 is 30.7 Å². The van der Waals surface area contributed by atoms with Gasteiger partial charge in [-0.2, -0.15) is 0 Å². The topological polar surface area (TPSA) is 53.6 Å². The first-order valence-electron chi connectivity index (χ1n) is 8.67. The molecule has 0 aromatic heterocycles. The molecule has 1 amide bonds. The minimum absolute atomic E-state index is 0. The maximum absolute atomic E-state index is 12.0. The summed E-state index contributed by atoms with van der Waals surface area (Å²) in [6.45, 7) is 5.39. The van der Waals surface area contributed by atoms with Crippen molar-refractivity contribution in [1.82, 2.24) is 15.5 Å². The molecule has 142 valence electrons. The average molecular weight is 390 g/mol. The van der Waals surface area contributed by atoms with Gasteiger partial charge in [-0.1, -0.05) is 30.3 Å². The van der Waals surface area contributed by atoms with E-state index in [9.17, 15) is 4.79 Å². The molecule has 3 rings (SSSR count). The lowest BCUT2D eigenvalue weighted by Gasteiger charge is -2.35. The zero-order chi connectivity index (χ0) is 15.9. The quantitative estimate of drug-likeness (QED) is 0.713. The van der Waals surface area contributed by atoms with Crippen LogP contribution in [0.25, 0.3) is 0 Å². The van der Waals surface area contributed by atoms with Gasteiger partial charge in [-0.15, -0.1) is 24.8 Å². The zero-order valence-electron chi connectivity index (χ0n) is 14.5. The van der Waals surface area contributed by atoms with Gasteiger partial charge in [0.05, 0.1) is 25.8 Å². The van der Waals surface area contributed by atoms with E-state index in [-0.39, 0.29) is 36.8 Å². The highest BCUT2D eigenvalue weighted by molar-refractivity contribution is 5.85. The lowest BCUT2D eigenvalue weighted by molar-refractivity contribution is -0.120. The third-order valence-corrected chi connectivity index (χ3v) is 4.58. The van der Waals surface area contributed by atoms with Crippen LogP contribution in [0.1, 0.15) is 24.4 Å². The van der Waals surface area contributed by atoms with Gasteiger partial charge in [-0.05, 0) is 30.9 Å². The Morgan fingerprint density at radius 3 is 2.48 bits per heavy atom. The number of amides is 1. The number of nitrogens with zero attached hydrogens (tertiary/aromatic N) is 1. The highest BCUT2D eigenvalue weighted by Gasteiger charge is 2.23. The maximum atomic E-state index is 12.0. The molecule has 25 heavy (non-hydrogen) atoms. The van der Waals surface area contributed by atoms with E-state index in [0.717, 1.165) is 38.8 Å². The molecule has 1 aromatic carbocycles. The van der Waals surface area contributed by atoms with E-state index < -0.39 is 0 Å². The van der Waals surface area contributed by atoms with Crippen molar-refractivity contribution in [2.24, 2.45) is 5.92 Å². The summed E-state index contributed by atoms with van der Waals surface area (Å²) in [6.07, 6.45) is 2.61. The van der Waals surface area contributed by atoms with Crippen LogP contribution in [-0.4, -0.2) is 56.7 Å². The fourth-order valence-corrected chi connectivity index (χ4v) is 3.01. The summed E-state index contributed by atoms with van der Waals surface area (Å²) in [5.74, 6) is 0.882. The minimum atomic E-state index is 0. The average Bonchev–Trinajstić information content (AvgIpc) is 3.41. The predicted molar refractivity (Wildman–Crippen MR) is 105 cm³/mol. The number of rotatable bonds is 8. The normalized spacial score (nSPS) is 18.6. The first-order valence-corrected chi connectivity index (χ1v) is 8.67. The van der Waals surface area contributed by atoms with E-state index in [2.05, 4.69) is 39.8 Å². The molecule has 1 aromatic rings. The minimum Gasteiger partial charge on any atom is -0.379 e. The largest absolute Gasteiger partial charge is 0.379 e. The molecule has 1 saturated carbocycles. The van der Waals surface area contributed by atoms with Gasteiger partial charge in [-0.3, -0.25) is 9.69 Å². The number of nitrogens with one attached hydrogen (secondary N) is 2. The molecule has 1 atom stereocenters. The third-order valence-electron chi connectivity index (χ3n) is 4.58. The van der Waals surface area contributed by atoms with Gasteiger partial charge in [0.15, 0.2) is 0 Å². The van der Waals surface area contributed by atoms with E-state index in [4.69, 9.17) is 4.74 Å². The third kappa shape index (κ3) is 7.50. The van der Waals surface area contributed by atoms with E-state index in [1.54, 1.807) is 0 Å². The SMILES string of the molecule is Cl.Cl.O=C(CNCC1CC1)NCC(c1ccccc1)N1CCOCC1. The molecular weight excluding hydrogens is 361 g/mol. The van der Waals surface area contributed by atoms with E-state index in [0.29, 0.717) is 13.1 Å². The number of benzene rings is 1. The van der Waals surface area contributed by atoms with Gasteiger partial charge < -0.3 is 15.4 Å². The van der Waals surface area contributed by atoms with Crippen molar-refractivity contribution in [1.29, 1.82) is 0 Å². The van der Waals surface area contributed by atoms with Crippen LogP contribution in [-0.2, 0) is 9.53 Å². The number of carbonyl (C=O) groups excluding carboxylic acids is 1. The zero-order valence-corrected chi connectivity index (χ0v) is 16.1. The van der Waals surface area contributed by atoms with E-state index in [1.807, 2.05) is 6.07 Å². The number of ether oxygens (including phenoxy) is 1. The fourth-order valence-electron chi connectivity index (χ4n) is 3.01. The predicted octanol–water partition coefficient (Wildman–Crippen LogP) is 2.02. The molecule has 0 radical (unpaired) electrons. The molecule has 7 heteroatoms. The Bertz CT molecular complexity index is 494. The molecule has 2 fully saturated rings. The van der Waals surface area contributed by atoms with E-state index >= 15 is 0 Å². The van der Waals surface area contributed by atoms with Crippen LogP contribution in [0.4, 0.5) is 0 Å². The molecule has 0 spiro atoms. The summed E-state index contributed by atoms with van der Waals surface area (Å²) in [4.78, 5) is 14.4. The molecule has 2 aliphatic rings. The molecule has 1 heterocycles. The van der Waals surface area contributed by atoms with Crippen LogP contribution in [0.2, 0.25) is 0 Å². The van der Waals surface area contributed by atoms with Gasteiger partial charge >= 0.3 is 0 Å². The Labute approximate surface area is 162 Å². The van der Waals surface area contributed by atoms with Crippen molar-refractivity contribution in [3.8, 4) is 0 Å². The summed E-state index contributed by atoms with van der Waals surface area (Å²) in [5, 5.41) is 6.33. The Morgan fingerprint density at radius 2 is 1.84 bits per heavy atom. The highest BCUT2D eigenvalue weighted by atomic mass is 35.5. The van der Waals surface area contributed by atoms with Crippen molar-refractivity contribution in [2.75, 3.05) is 45.9 Å². The Balaban J connectivity index is 0.00000156. The molecule has 1 saturated heterocycles. The molecule has 2 N–H and O–H groups in total. The van der Waals surface area contributed by atoms with E-state index in [1.165, 1.54) is 18.4 Å². The number of morpholine rings is 1. The van der Waals surface area contributed by atoms with Gasteiger partial charge in [0.25, 0.3) is 0 Å². The smallest absolute Gasteiger partial charge is 0.234 e. The summed E-state index contributed by atoms with van der Waals surface area (Å²) in [6, 6.07) is 10.6. The number of halogens is 2. The van der Waals surface area contributed by atoms with Gasteiger partial charge in [-0.25, -0.2) is 0 Å². The van der Waals surface area contributed by atoms with Crippen molar-refractivity contribution < 1.29 is 9.53 Å². The number of carbonyl (C=O) groups is 1. The maximum Gasteiger partial charge on any atom is 0.234 e.